The second kappa shape index (κ2) is 43.2. The Balaban J connectivity index is 1.19. The standard InChI is InChI=1S/C75H96Cl3F3N2O13/c1-4-7-8-9-10-11-12-13-14-15-16-17-30-39-61(88-47-59-40-42-60(43-41-59)75(79,80)81)46-64(84)82-65-69(91-50-57-35-26-20-27-36-57)68(90-49-56-33-24-19-25-34-56)63(96-71(65)87-45-6-3)53-93-72-66(83-73(85)94-54-74(76,77)78)70(92-51-58-37-28-21-29-38-58)67(62(95-72)52-86-44-5-2)89-48-55-31-22-18-23-32-55/h5-6,18-29,31-38,40-43,61-63,65-72H,2-4,7-17,30,39,44-54H2,1H3,(H,82,84)(H,83,85)/t61-,62-,63-,65-,66-,67-,68-,69-,70-,71+,72-/m1/s1. The first kappa shape index (κ1) is 77.9. The number of amides is 2. The Bertz CT molecular complexity index is 2940. The summed E-state index contributed by atoms with van der Waals surface area (Å²) < 4.78 is 112. The average molecular weight is 1400 g/mol. The molecule has 96 heavy (non-hydrogen) atoms. The number of hydrogen-bond donors (Lipinski definition) is 2. The van der Waals surface area contributed by atoms with Gasteiger partial charge in [-0.3, -0.25) is 4.79 Å². The van der Waals surface area contributed by atoms with E-state index in [1.54, 1.807) is 12.2 Å². The van der Waals surface area contributed by atoms with Gasteiger partial charge in [-0.25, -0.2) is 4.79 Å². The summed E-state index contributed by atoms with van der Waals surface area (Å²) in [5, 5.41) is 6.12. The number of ether oxygens (including phenoxy) is 11. The van der Waals surface area contributed by atoms with Crippen LogP contribution in [-0.2, 0) is 96.1 Å². The Kier molecular flexibility index (Phi) is 35.1. The normalized spacial score (nSPS) is 21.7. The van der Waals surface area contributed by atoms with Gasteiger partial charge in [-0.05, 0) is 46.4 Å². The lowest BCUT2D eigenvalue weighted by Gasteiger charge is -2.48. The molecular formula is C75H96Cl3F3N2O13. The lowest BCUT2D eigenvalue weighted by Crippen LogP contribution is -2.68. The van der Waals surface area contributed by atoms with E-state index in [1.165, 1.54) is 63.5 Å². The number of hydrogen-bond acceptors (Lipinski definition) is 13. The number of rotatable bonds is 44. The van der Waals surface area contributed by atoms with Gasteiger partial charge < -0.3 is 62.7 Å². The van der Waals surface area contributed by atoms with Crippen LogP contribution in [0.1, 0.15) is 137 Å². The lowest BCUT2D eigenvalue weighted by molar-refractivity contribution is -0.317. The van der Waals surface area contributed by atoms with Crippen molar-refractivity contribution < 1.29 is 74.9 Å². The third-order valence-corrected chi connectivity index (χ3v) is 16.9. The van der Waals surface area contributed by atoms with Gasteiger partial charge in [0.05, 0.1) is 77.6 Å². The van der Waals surface area contributed by atoms with E-state index in [1.807, 2.05) is 121 Å². The molecule has 0 aliphatic carbocycles. The Morgan fingerprint density at radius 2 is 0.927 bits per heavy atom. The van der Waals surface area contributed by atoms with Crippen LogP contribution in [0.15, 0.2) is 171 Å². The number of unbranched alkanes of at least 4 members (excludes halogenated alkanes) is 12. The van der Waals surface area contributed by atoms with Crippen LogP contribution in [0.5, 0.6) is 0 Å². The quantitative estimate of drug-likeness (QED) is 0.0216. The Morgan fingerprint density at radius 1 is 0.510 bits per heavy atom. The number of nitrogens with one attached hydrogen (secondary N) is 2. The van der Waals surface area contributed by atoms with E-state index in [2.05, 4.69) is 30.7 Å². The molecule has 5 aromatic rings. The predicted molar refractivity (Wildman–Crippen MR) is 366 cm³/mol. The minimum atomic E-state index is -4.50. The summed E-state index contributed by atoms with van der Waals surface area (Å²) in [5.74, 6) is -0.422. The van der Waals surface area contributed by atoms with Crippen LogP contribution in [0.4, 0.5) is 18.0 Å². The van der Waals surface area contributed by atoms with E-state index in [-0.39, 0.29) is 65.9 Å². The Labute approximate surface area is 580 Å². The van der Waals surface area contributed by atoms with Crippen LogP contribution in [0.3, 0.4) is 0 Å². The molecule has 2 saturated heterocycles. The van der Waals surface area contributed by atoms with E-state index >= 15 is 0 Å². The van der Waals surface area contributed by atoms with Crippen molar-refractivity contribution in [3.63, 3.8) is 0 Å². The summed E-state index contributed by atoms with van der Waals surface area (Å²) in [6.07, 6.45) is 3.94. The number of alkyl halides is 6. The van der Waals surface area contributed by atoms with Gasteiger partial charge in [0.2, 0.25) is 9.70 Å². The van der Waals surface area contributed by atoms with Gasteiger partial charge >= 0.3 is 12.3 Å². The maximum Gasteiger partial charge on any atom is 0.416 e. The van der Waals surface area contributed by atoms with Crippen molar-refractivity contribution in [2.75, 3.05) is 33.0 Å². The van der Waals surface area contributed by atoms with E-state index in [0.717, 1.165) is 66.5 Å². The zero-order chi connectivity index (χ0) is 68.2. The SMILES string of the molecule is C=CCOC[C@H]1O[C@@H](OC[C@H]2O[C@H](OCC=C)[C@H](NC(=O)C[C@@H](CCCCCCCCCCCCCCC)OCc3ccc(C(F)(F)F)cc3)[C@@H](OCc3ccccc3)[C@@H]2OCc2ccccc2)[C@H](NC(=O)OCC(Cl)(Cl)Cl)[C@@H](OCc2ccccc2)[C@@H]1OCc1ccccc1. The zero-order valence-corrected chi connectivity index (χ0v) is 57.3. The van der Waals surface area contributed by atoms with Gasteiger partial charge in [-0.2, -0.15) is 13.2 Å². The highest BCUT2D eigenvalue weighted by atomic mass is 35.6. The maximum atomic E-state index is 15.0. The molecule has 2 heterocycles. The molecule has 2 amide bonds. The first-order valence-corrected chi connectivity index (χ1v) is 34.8. The summed E-state index contributed by atoms with van der Waals surface area (Å²) in [4.78, 5) is 29.0. The van der Waals surface area contributed by atoms with Crippen molar-refractivity contribution in [3.8, 4) is 0 Å². The average Bonchev–Trinajstić information content (AvgIpc) is 0.798. The van der Waals surface area contributed by atoms with Crippen molar-refractivity contribution >= 4 is 46.8 Å². The minimum Gasteiger partial charge on any atom is -0.445 e. The molecule has 0 unspecified atom stereocenters. The van der Waals surface area contributed by atoms with Crippen LogP contribution in [0.25, 0.3) is 0 Å². The molecule has 526 valence electrons. The Morgan fingerprint density at radius 3 is 1.38 bits per heavy atom. The third kappa shape index (κ3) is 28.4. The fourth-order valence-electron chi connectivity index (χ4n) is 11.6. The molecule has 2 fully saturated rings. The lowest BCUT2D eigenvalue weighted by atomic mass is 9.94. The molecule has 0 bridgehead atoms. The van der Waals surface area contributed by atoms with Crippen LogP contribution in [0.2, 0.25) is 0 Å². The van der Waals surface area contributed by atoms with Gasteiger partial charge in [0, 0.05) is 0 Å². The minimum absolute atomic E-state index is 0.0192. The van der Waals surface area contributed by atoms with E-state index < -0.39 is 102 Å². The Hall–Kier alpha value is -5.42. The molecule has 7 rings (SSSR count). The summed E-state index contributed by atoms with van der Waals surface area (Å²) in [6, 6.07) is 40.6. The van der Waals surface area contributed by atoms with E-state index in [4.69, 9.17) is 86.9 Å². The molecule has 0 aromatic heterocycles. The van der Waals surface area contributed by atoms with Gasteiger partial charge in [0.25, 0.3) is 0 Å². The summed E-state index contributed by atoms with van der Waals surface area (Å²) in [7, 11) is 0. The van der Waals surface area contributed by atoms with Gasteiger partial charge in [-0.1, -0.05) is 271 Å². The second-order valence-electron chi connectivity index (χ2n) is 24.2. The molecule has 11 atom stereocenters. The van der Waals surface area contributed by atoms with Crippen molar-refractivity contribution in [2.24, 2.45) is 0 Å². The molecular weight excluding hydrogens is 1300 g/mol. The van der Waals surface area contributed by atoms with E-state index in [9.17, 15) is 22.8 Å². The molecule has 0 radical (unpaired) electrons. The molecule has 2 aliphatic rings. The summed E-state index contributed by atoms with van der Waals surface area (Å²) in [6.45, 7) is 9.48. The zero-order valence-electron chi connectivity index (χ0n) is 55.0. The second-order valence-corrected chi connectivity index (χ2v) is 26.7. The highest BCUT2D eigenvalue weighted by Gasteiger charge is 2.53. The fourth-order valence-corrected chi connectivity index (χ4v) is 11.7. The topological polar surface area (TPSA) is 160 Å². The predicted octanol–water partition coefficient (Wildman–Crippen LogP) is 16.6. The van der Waals surface area contributed by atoms with E-state index in [0.29, 0.717) is 12.0 Å². The highest BCUT2D eigenvalue weighted by Crippen LogP contribution is 2.35. The number of carbonyl (C=O) groups excluding carboxylic acids is 2. The number of halogens is 6. The smallest absolute Gasteiger partial charge is 0.416 e. The molecule has 0 saturated carbocycles. The summed E-state index contributed by atoms with van der Waals surface area (Å²) >= 11 is 18.3. The van der Waals surface area contributed by atoms with Crippen LogP contribution in [0, 0.1) is 0 Å². The number of benzene rings is 5. The molecule has 2 N–H and O–H groups in total. The van der Waals surface area contributed by atoms with Crippen LogP contribution < -0.4 is 10.6 Å². The number of carbonyl (C=O) groups is 2. The summed E-state index contributed by atoms with van der Waals surface area (Å²) in [5.41, 5.74) is 3.08. The first-order valence-electron chi connectivity index (χ1n) is 33.6. The van der Waals surface area contributed by atoms with Crippen molar-refractivity contribution in [3.05, 3.63) is 204 Å². The van der Waals surface area contributed by atoms with Crippen LogP contribution >= 0.6 is 34.8 Å². The molecule has 15 nitrogen and oxygen atoms in total. The van der Waals surface area contributed by atoms with Crippen molar-refractivity contribution in [1.82, 2.24) is 10.6 Å². The van der Waals surface area contributed by atoms with Crippen LogP contribution in [-0.4, -0.2) is 116 Å². The molecule has 0 spiro atoms. The van der Waals surface area contributed by atoms with Gasteiger partial charge in [0.1, 0.15) is 55.3 Å². The fraction of sp³-hybridized carbons (Fsp3) is 0.520. The van der Waals surface area contributed by atoms with Crippen molar-refractivity contribution in [2.45, 2.75) is 214 Å². The largest absolute Gasteiger partial charge is 0.445 e. The maximum absolute atomic E-state index is 15.0. The van der Waals surface area contributed by atoms with Gasteiger partial charge in [0.15, 0.2) is 12.6 Å². The number of alkyl carbamates (subject to hydrolysis) is 1. The highest BCUT2D eigenvalue weighted by molar-refractivity contribution is 6.67. The van der Waals surface area contributed by atoms with Gasteiger partial charge in [-0.15, -0.1) is 13.2 Å². The first-order chi connectivity index (χ1) is 46.6. The molecule has 21 heteroatoms. The van der Waals surface area contributed by atoms with Crippen molar-refractivity contribution in [1.29, 1.82) is 0 Å². The monoisotopic (exact) mass is 1390 g/mol. The third-order valence-electron chi connectivity index (χ3n) is 16.5. The molecule has 5 aromatic carbocycles. The molecule has 2 aliphatic heterocycles.